The third-order valence-corrected chi connectivity index (χ3v) is 6.93. The molecular formula is C22H18F2N6OS2. The molecule has 1 fully saturated rings. The van der Waals surface area contributed by atoms with Crippen LogP contribution in [0.25, 0.3) is 22.6 Å². The van der Waals surface area contributed by atoms with Crippen molar-refractivity contribution in [3.8, 4) is 22.6 Å². The van der Waals surface area contributed by atoms with Crippen LogP contribution in [0.3, 0.4) is 0 Å². The summed E-state index contributed by atoms with van der Waals surface area (Å²) in [5.41, 5.74) is 1.83. The molecule has 1 aromatic carbocycles. The number of anilines is 1. The Morgan fingerprint density at radius 1 is 1.15 bits per heavy atom. The third-order valence-electron chi connectivity index (χ3n) is 5.12. The maximum absolute atomic E-state index is 13.5. The molecule has 0 unspecified atom stereocenters. The Hall–Kier alpha value is -3.18. The summed E-state index contributed by atoms with van der Waals surface area (Å²) in [6.45, 7) is 1.79. The lowest BCUT2D eigenvalue weighted by Gasteiger charge is -2.12. The molecule has 1 aliphatic rings. The highest BCUT2D eigenvalue weighted by Crippen LogP contribution is 2.41. The standard InChI is InChI=1S/C22H18F2N6OS2/c1-12(20(31)27-21-26-18(11-32-21)14-2-5-16(23)17(24)10-14)33-22-29-28-19(30(22)15-3-4-15)13-6-8-25-9-7-13/h2,5-12,15H,3-4H2,1H3,(H,26,27,31)/t12-/m0/s1. The van der Waals surface area contributed by atoms with Gasteiger partial charge in [0.15, 0.2) is 27.7 Å². The minimum atomic E-state index is -0.943. The Bertz CT molecular complexity index is 1310. The van der Waals surface area contributed by atoms with E-state index in [9.17, 15) is 13.6 Å². The Kier molecular flexibility index (Phi) is 5.90. The van der Waals surface area contributed by atoms with Crippen LogP contribution < -0.4 is 5.32 Å². The normalized spacial score (nSPS) is 14.3. The van der Waals surface area contributed by atoms with Gasteiger partial charge in [-0.1, -0.05) is 11.8 Å². The van der Waals surface area contributed by atoms with Crippen LogP contribution in [0, 0.1) is 11.6 Å². The maximum Gasteiger partial charge on any atom is 0.239 e. The van der Waals surface area contributed by atoms with Crippen LogP contribution in [0.4, 0.5) is 13.9 Å². The van der Waals surface area contributed by atoms with Crippen LogP contribution in [-0.4, -0.2) is 35.9 Å². The first kappa shape index (κ1) is 21.7. The van der Waals surface area contributed by atoms with E-state index in [2.05, 4.69) is 30.0 Å². The second-order valence-electron chi connectivity index (χ2n) is 7.56. The van der Waals surface area contributed by atoms with E-state index in [1.807, 2.05) is 12.1 Å². The van der Waals surface area contributed by atoms with Gasteiger partial charge in [0.05, 0.1) is 10.9 Å². The average Bonchev–Trinajstić information content (AvgIpc) is 3.40. The summed E-state index contributed by atoms with van der Waals surface area (Å²) < 4.78 is 28.8. The lowest BCUT2D eigenvalue weighted by Crippen LogP contribution is -2.22. The average molecular weight is 485 g/mol. The Labute approximate surface area is 196 Å². The highest BCUT2D eigenvalue weighted by Gasteiger charge is 2.31. The largest absolute Gasteiger partial charge is 0.301 e. The quantitative estimate of drug-likeness (QED) is 0.363. The minimum absolute atomic E-state index is 0.234. The first-order valence-corrected chi connectivity index (χ1v) is 12.0. The summed E-state index contributed by atoms with van der Waals surface area (Å²) in [6.07, 6.45) is 5.53. The molecule has 7 nitrogen and oxygen atoms in total. The van der Waals surface area contributed by atoms with Gasteiger partial charge in [-0.3, -0.25) is 14.3 Å². The van der Waals surface area contributed by atoms with E-state index < -0.39 is 16.9 Å². The molecular weight excluding hydrogens is 466 g/mol. The smallest absolute Gasteiger partial charge is 0.239 e. The van der Waals surface area contributed by atoms with Crippen molar-refractivity contribution in [2.24, 2.45) is 0 Å². The summed E-state index contributed by atoms with van der Waals surface area (Å²) in [6, 6.07) is 7.69. The number of carbonyl (C=O) groups excluding carboxylic acids is 1. The number of nitrogens with zero attached hydrogens (tertiary/aromatic N) is 5. The molecule has 1 atom stereocenters. The molecule has 0 aliphatic heterocycles. The molecule has 3 aromatic heterocycles. The molecule has 0 spiro atoms. The second-order valence-corrected chi connectivity index (χ2v) is 9.73. The molecule has 168 valence electrons. The van der Waals surface area contributed by atoms with Gasteiger partial charge in [0.1, 0.15) is 0 Å². The van der Waals surface area contributed by atoms with Crippen LogP contribution in [0.2, 0.25) is 0 Å². The van der Waals surface area contributed by atoms with Gasteiger partial charge in [-0.25, -0.2) is 13.8 Å². The van der Waals surface area contributed by atoms with Crippen LogP contribution in [0.5, 0.6) is 0 Å². The maximum atomic E-state index is 13.5. The zero-order valence-corrected chi connectivity index (χ0v) is 19.0. The van der Waals surface area contributed by atoms with Crippen molar-refractivity contribution in [2.75, 3.05) is 5.32 Å². The number of carbonyl (C=O) groups is 1. The minimum Gasteiger partial charge on any atom is -0.301 e. The summed E-state index contributed by atoms with van der Waals surface area (Å²) in [5, 5.41) is 13.8. The Balaban J connectivity index is 1.29. The molecule has 0 radical (unpaired) electrons. The predicted molar refractivity (Wildman–Crippen MR) is 123 cm³/mol. The molecule has 11 heteroatoms. The number of benzene rings is 1. The Morgan fingerprint density at radius 2 is 1.94 bits per heavy atom. The van der Waals surface area contributed by atoms with Crippen molar-refractivity contribution >= 4 is 34.1 Å². The van der Waals surface area contributed by atoms with Gasteiger partial charge in [-0.05, 0) is 50.1 Å². The van der Waals surface area contributed by atoms with Crippen LogP contribution in [0.1, 0.15) is 25.8 Å². The number of halogens is 2. The van der Waals surface area contributed by atoms with E-state index in [0.29, 0.717) is 27.6 Å². The van der Waals surface area contributed by atoms with Crippen LogP contribution in [-0.2, 0) is 4.79 Å². The van der Waals surface area contributed by atoms with E-state index in [1.165, 1.54) is 29.2 Å². The first-order chi connectivity index (χ1) is 16.0. The molecule has 0 saturated heterocycles. The van der Waals surface area contributed by atoms with Gasteiger partial charge < -0.3 is 5.32 Å². The highest BCUT2D eigenvalue weighted by atomic mass is 32.2. The molecule has 33 heavy (non-hydrogen) atoms. The van der Waals surface area contributed by atoms with Crippen molar-refractivity contribution in [2.45, 2.75) is 36.2 Å². The number of aromatic nitrogens is 5. The fraction of sp³-hybridized carbons (Fsp3) is 0.227. The number of amides is 1. The fourth-order valence-electron chi connectivity index (χ4n) is 3.25. The second kappa shape index (κ2) is 8.99. The van der Waals surface area contributed by atoms with Crippen molar-refractivity contribution < 1.29 is 13.6 Å². The van der Waals surface area contributed by atoms with Crippen molar-refractivity contribution in [1.29, 1.82) is 0 Å². The number of hydrogen-bond donors (Lipinski definition) is 1. The number of nitrogens with one attached hydrogen (secondary N) is 1. The zero-order chi connectivity index (χ0) is 22.9. The third kappa shape index (κ3) is 4.64. The monoisotopic (exact) mass is 484 g/mol. The lowest BCUT2D eigenvalue weighted by molar-refractivity contribution is -0.115. The van der Waals surface area contributed by atoms with E-state index in [4.69, 9.17) is 0 Å². The van der Waals surface area contributed by atoms with Gasteiger partial charge >= 0.3 is 0 Å². The molecule has 1 saturated carbocycles. The van der Waals surface area contributed by atoms with Crippen LogP contribution in [0.15, 0.2) is 53.3 Å². The number of hydrogen-bond acceptors (Lipinski definition) is 7. The van der Waals surface area contributed by atoms with E-state index in [1.54, 1.807) is 24.7 Å². The number of rotatable bonds is 7. The van der Waals surface area contributed by atoms with Crippen LogP contribution >= 0.6 is 23.1 Å². The molecule has 1 aliphatic carbocycles. The van der Waals surface area contributed by atoms with Gasteiger partial charge in [0.25, 0.3) is 0 Å². The summed E-state index contributed by atoms with van der Waals surface area (Å²) in [7, 11) is 0. The summed E-state index contributed by atoms with van der Waals surface area (Å²) in [4.78, 5) is 21.2. The lowest BCUT2D eigenvalue weighted by atomic mass is 10.2. The molecule has 5 rings (SSSR count). The Morgan fingerprint density at radius 3 is 2.67 bits per heavy atom. The van der Waals surface area contributed by atoms with Crippen molar-refractivity contribution in [3.05, 3.63) is 59.7 Å². The molecule has 4 aromatic rings. The predicted octanol–water partition coefficient (Wildman–Crippen LogP) is 5.20. The van der Waals surface area contributed by atoms with E-state index in [0.717, 1.165) is 36.4 Å². The number of thioether (sulfide) groups is 1. The first-order valence-electron chi connectivity index (χ1n) is 10.2. The van der Waals surface area contributed by atoms with Gasteiger partial charge in [-0.15, -0.1) is 21.5 Å². The summed E-state index contributed by atoms with van der Waals surface area (Å²) >= 11 is 2.55. The molecule has 1 amide bonds. The molecule has 0 bridgehead atoms. The number of pyridine rings is 1. The van der Waals surface area contributed by atoms with Crippen molar-refractivity contribution in [1.82, 2.24) is 24.7 Å². The van der Waals surface area contributed by atoms with Crippen molar-refractivity contribution in [3.63, 3.8) is 0 Å². The van der Waals surface area contributed by atoms with Gasteiger partial charge in [0.2, 0.25) is 5.91 Å². The highest BCUT2D eigenvalue weighted by molar-refractivity contribution is 8.00. The SMILES string of the molecule is C[C@H](Sc1nnc(-c2ccncc2)n1C1CC1)C(=O)Nc1nc(-c2ccc(F)c(F)c2)cs1. The van der Waals surface area contributed by atoms with E-state index in [-0.39, 0.29) is 5.91 Å². The number of thiazole rings is 1. The summed E-state index contributed by atoms with van der Waals surface area (Å²) in [5.74, 6) is -1.32. The van der Waals surface area contributed by atoms with Gasteiger partial charge in [0, 0.05) is 34.9 Å². The molecule has 3 heterocycles. The topological polar surface area (TPSA) is 85.6 Å². The fourth-order valence-corrected chi connectivity index (χ4v) is 4.90. The van der Waals surface area contributed by atoms with E-state index >= 15 is 0 Å². The van der Waals surface area contributed by atoms with Gasteiger partial charge in [-0.2, -0.15) is 0 Å². The zero-order valence-electron chi connectivity index (χ0n) is 17.4. The molecule has 1 N–H and O–H groups in total.